The van der Waals surface area contributed by atoms with Crippen LogP contribution >= 0.6 is 15.9 Å². The van der Waals surface area contributed by atoms with E-state index in [1.54, 1.807) is 10.7 Å². The number of pyridine rings is 1. The predicted molar refractivity (Wildman–Crippen MR) is 47.3 cm³/mol. The zero-order chi connectivity index (χ0) is 7.84. The van der Waals surface area contributed by atoms with Crippen LogP contribution in [0.15, 0.2) is 29.0 Å². The summed E-state index contributed by atoms with van der Waals surface area (Å²) in [6, 6.07) is 5.59. The van der Waals surface area contributed by atoms with E-state index in [-0.39, 0.29) is 0 Å². The molecule has 0 aliphatic heterocycles. The Morgan fingerprint density at radius 1 is 1.36 bits per heavy atom. The number of halogens is 1. The first kappa shape index (κ1) is 6.67. The highest BCUT2D eigenvalue weighted by Gasteiger charge is 1.99. The summed E-state index contributed by atoms with van der Waals surface area (Å²) in [4.78, 5) is 0. The van der Waals surface area contributed by atoms with Crippen LogP contribution in [0.25, 0.3) is 5.52 Å². The number of rotatable bonds is 0. The summed E-state index contributed by atoms with van der Waals surface area (Å²) in [6.07, 6.45) is 1.72. The van der Waals surface area contributed by atoms with Gasteiger partial charge in [-0.2, -0.15) is 5.10 Å². The van der Waals surface area contributed by atoms with E-state index >= 15 is 0 Å². The topological polar surface area (TPSA) is 43.3 Å². The summed E-state index contributed by atoms with van der Waals surface area (Å²) >= 11 is 3.36. The van der Waals surface area contributed by atoms with Crippen molar-refractivity contribution in [3.8, 4) is 0 Å². The SMILES string of the molecule is Nc1ccc(Br)n2nccc12. The van der Waals surface area contributed by atoms with Gasteiger partial charge in [-0.1, -0.05) is 0 Å². The first-order valence-corrected chi connectivity index (χ1v) is 3.96. The number of fused-ring (bicyclic) bond motifs is 1. The van der Waals surface area contributed by atoms with E-state index < -0.39 is 0 Å². The first-order valence-electron chi connectivity index (χ1n) is 3.17. The van der Waals surface area contributed by atoms with Crippen LogP contribution in [0.3, 0.4) is 0 Å². The van der Waals surface area contributed by atoms with Gasteiger partial charge >= 0.3 is 0 Å². The second kappa shape index (κ2) is 2.23. The quantitative estimate of drug-likeness (QED) is 0.675. The lowest BCUT2D eigenvalue weighted by atomic mass is 10.3. The van der Waals surface area contributed by atoms with Gasteiger partial charge < -0.3 is 5.73 Å². The molecule has 2 N–H and O–H groups in total. The van der Waals surface area contributed by atoms with E-state index in [0.717, 1.165) is 15.8 Å². The number of nitrogens with zero attached hydrogens (tertiary/aromatic N) is 2. The standard InChI is InChI=1S/C7H6BrN3/c8-7-2-1-5(9)6-3-4-10-11(6)7/h1-4H,9H2. The number of nitrogens with two attached hydrogens (primary N) is 1. The third-order valence-corrected chi connectivity index (χ3v) is 2.14. The molecule has 0 aliphatic rings. The molecular formula is C7H6BrN3. The molecule has 3 nitrogen and oxygen atoms in total. The second-order valence-electron chi connectivity index (χ2n) is 2.24. The fraction of sp³-hybridized carbons (Fsp3) is 0. The van der Waals surface area contributed by atoms with Gasteiger partial charge in [0.15, 0.2) is 0 Å². The lowest BCUT2D eigenvalue weighted by Gasteiger charge is -1.98. The summed E-state index contributed by atoms with van der Waals surface area (Å²) in [7, 11) is 0. The molecule has 2 aromatic rings. The van der Waals surface area contributed by atoms with E-state index in [0.29, 0.717) is 0 Å². The van der Waals surface area contributed by atoms with Crippen molar-refractivity contribution in [3.05, 3.63) is 29.0 Å². The van der Waals surface area contributed by atoms with Crippen molar-refractivity contribution in [2.24, 2.45) is 0 Å². The largest absolute Gasteiger partial charge is 0.397 e. The van der Waals surface area contributed by atoms with Crippen molar-refractivity contribution in [2.75, 3.05) is 5.73 Å². The Balaban J connectivity index is 2.96. The van der Waals surface area contributed by atoms with E-state index in [9.17, 15) is 0 Å². The van der Waals surface area contributed by atoms with Gasteiger partial charge in [0.2, 0.25) is 0 Å². The van der Waals surface area contributed by atoms with Crippen LogP contribution in [0.5, 0.6) is 0 Å². The summed E-state index contributed by atoms with van der Waals surface area (Å²) < 4.78 is 2.65. The normalized spacial score (nSPS) is 10.6. The monoisotopic (exact) mass is 211 g/mol. The van der Waals surface area contributed by atoms with E-state index in [1.165, 1.54) is 0 Å². The number of hydrogen-bond acceptors (Lipinski definition) is 2. The van der Waals surface area contributed by atoms with E-state index in [4.69, 9.17) is 5.73 Å². The van der Waals surface area contributed by atoms with Gasteiger partial charge in [0, 0.05) is 0 Å². The maximum atomic E-state index is 5.69. The van der Waals surface area contributed by atoms with E-state index in [1.807, 2.05) is 18.2 Å². The average Bonchev–Trinajstić information content (AvgIpc) is 2.45. The van der Waals surface area contributed by atoms with Crippen molar-refractivity contribution >= 4 is 27.1 Å². The molecule has 0 spiro atoms. The molecule has 0 saturated carbocycles. The molecule has 2 aromatic heterocycles. The fourth-order valence-corrected chi connectivity index (χ4v) is 1.42. The Hall–Kier alpha value is -1.03. The Morgan fingerprint density at radius 2 is 2.18 bits per heavy atom. The summed E-state index contributed by atoms with van der Waals surface area (Å²) in [6.45, 7) is 0. The van der Waals surface area contributed by atoms with Gasteiger partial charge in [0.1, 0.15) is 4.60 Å². The molecule has 0 unspecified atom stereocenters. The highest BCUT2D eigenvalue weighted by atomic mass is 79.9. The van der Waals surface area contributed by atoms with Gasteiger partial charge in [-0.05, 0) is 34.1 Å². The number of anilines is 1. The van der Waals surface area contributed by atoms with Crippen LogP contribution < -0.4 is 5.73 Å². The third-order valence-electron chi connectivity index (χ3n) is 1.54. The van der Waals surface area contributed by atoms with Crippen LogP contribution in [0, 0.1) is 0 Å². The smallest absolute Gasteiger partial charge is 0.108 e. The predicted octanol–water partition coefficient (Wildman–Crippen LogP) is 1.68. The number of nitrogen functional groups attached to an aromatic ring is 1. The molecule has 0 saturated heterocycles. The van der Waals surface area contributed by atoms with Gasteiger partial charge in [0.25, 0.3) is 0 Å². The molecule has 0 atom stereocenters. The van der Waals surface area contributed by atoms with E-state index in [2.05, 4.69) is 21.0 Å². The molecule has 0 radical (unpaired) electrons. The lowest BCUT2D eigenvalue weighted by molar-refractivity contribution is 0.937. The highest BCUT2D eigenvalue weighted by molar-refractivity contribution is 9.10. The average molecular weight is 212 g/mol. The number of hydrogen-bond donors (Lipinski definition) is 1. The third kappa shape index (κ3) is 0.903. The minimum atomic E-state index is 0.741. The Bertz CT molecular complexity index is 357. The Kier molecular flexibility index (Phi) is 1.35. The minimum Gasteiger partial charge on any atom is -0.397 e. The van der Waals surface area contributed by atoms with Crippen LogP contribution in [0.2, 0.25) is 0 Å². The summed E-state index contributed by atoms with van der Waals surface area (Å²) in [5.41, 5.74) is 7.36. The highest BCUT2D eigenvalue weighted by Crippen LogP contribution is 2.18. The van der Waals surface area contributed by atoms with Gasteiger partial charge in [0.05, 0.1) is 17.4 Å². The molecule has 0 aromatic carbocycles. The molecular weight excluding hydrogens is 206 g/mol. The van der Waals surface area contributed by atoms with Crippen molar-refractivity contribution in [3.63, 3.8) is 0 Å². The Labute approximate surface area is 71.9 Å². The molecule has 2 rings (SSSR count). The summed E-state index contributed by atoms with van der Waals surface area (Å²) in [5.74, 6) is 0. The molecule has 4 heteroatoms. The van der Waals surface area contributed by atoms with Crippen LogP contribution in [0.4, 0.5) is 5.69 Å². The zero-order valence-corrected chi connectivity index (χ0v) is 7.25. The van der Waals surface area contributed by atoms with Gasteiger partial charge in [-0.3, -0.25) is 0 Å². The van der Waals surface area contributed by atoms with Crippen LogP contribution in [-0.2, 0) is 0 Å². The van der Waals surface area contributed by atoms with Crippen molar-refractivity contribution in [1.82, 2.24) is 9.61 Å². The lowest BCUT2D eigenvalue weighted by Crippen LogP contribution is -1.93. The molecule has 2 heterocycles. The molecule has 0 amide bonds. The maximum Gasteiger partial charge on any atom is 0.108 e. The maximum absolute atomic E-state index is 5.69. The van der Waals surface area contributed by atoms with Gasteiger partial charge in [-0.25, -0.2) is 4.52 Å². The number of aromatic nitrogens is 2. The van der Waals surface area contributed by atoms with Crippen molar-refractivity contribution < 1.29 is 0 Å². The van der Waals surface area contributed by atoms with Crippen LogP contribution in [0.1, 0.15) is 0 Å². The van der Waals surface area contributed by atoms with Crippen molar-refractivity contribution in [2.45, 2.75) is 0 Å². The molecule has 56 valence electrons. The summed E-state index contributed by atoms with van der Waals surface area (Å²) in [5, 5.41) is 4.07. The molecule has 0 aliphatic carbocycles. The molecule has 0 fully saturated rings. The van der Waals surface area contributed by atoms with Crippen LogP contribution in [-0.4, -0.2) is 9.61 Å². The zero-order valence-electron chi connectivity index (χ0n) is 5.66. The van der Waals surface area contributed by atoms with Gasteiger partial charge in [-0.15, -0.1) is 0 Å². The fourth-order valence-electron chi connectivity index (χ4n) is 1.01. The second-order valence-corrected chi connectivity index (χ2v) is 3.05. The minimum absolute atomic E-state index is 0.741. The van der Waals surface area contributed by atoms with Crippen molar-refractivity contribution in [1.29, 1.82) is 0 Å². The molecule has 11 heavy (non-hydrogen) atoms. The Morgan fingerprint density at radius 3 is 2.91 bits per heavy atom. The first-order chi connectivity index (χ1) is 5.29. The molecule has 0 bridgehead atoms.